The molecule has 0 saturated carbocycles. The van der Waals surface area contributed by atoms with Gasteiger partial charge in [-0.15, -0.1) is 0 Å². The smallest absolute Gasteiger partial charge is 0.165 e. The van der Waals surface area contributed by atoms with Gasteiger partial charge in [0.05, 0.1) is 25.9 Å². The van der Waals surface area contributed by atoms with Gasteiger partial charge in [-0.1, -0.05) is 0 Å². The van der Waals surface area contributed by atoms with Crippen LogP contribution in [0.5, 0.6) is 11.5 Å². The van der Waals surface area contributed by atoms with Gasteiger partial charge in [-0.3, -0.25) is 0 Å². The van der Waals surface area contributed by atoms with Crippen LogP contribution in [0, 0.1) is 0 Å². The number of anilines is 1. The number of rotatable bonds is 3. The van der Waals surface area contributed by atoms with Crippen molar-refractivity contribution >= 4 is 17.5 Å². The first-order valence-corrected chi connectivity index (χ1v) is 5.29. The van der Waals surface area contributed by atoms with Crippen LogP contribution in [0.4, 0.5) is 5.82 Å². The molecule has 1 aromatic carbocycles. The standard InChI is InChI=1S/C10H11N3O2S/c1-14-7-3-6(4-8(5-7)15-2)9-10(11)13-16-12-9/h3-5H,1-2H3,(H2,11,13). The molecule has 0 bridgehead atoms. The minimum Gasteiger partial charge on any atom is -0.497 e. The van der Waals surface area contributed by atoms with Crippen LogP contribution in [0.1, 0.15) is 0 Å². The zero-order valence-electron chi connectivity index (χ0n) is 8.93. The summed E-state index contributed by atoms with van der Waals surface area (Å²) in [5.41, 5.74) is 7.20. The molecule has 0 aliphatic heterocycles. The number of nitrogens with zero attached hydrogens (tertiary/aromatic N) is 2. The highest BCUT2D eigenvalue weighted by molar-refractivity contribution is 6.99. The van der Waals surface area contributed by atoms with Gasteiger partial charge in [0.2, 0.25) is 0 Å². The molecule has 5 nitrogen and oxygen atoms in total. The van der Waals surface area contributed by atoms with Gasteiger partial charge in [-0.2, -0.15) is 8.75 Å². The molecule has 2 aromatic rings. The summed E-state index contributed by atoms with van der Waals surface area (Å²) in [5.74, 6) is 1.81. The zero-order chi connectivity index (χ0) is 11.5. The third kappa shape index (κ3) is 1.92. The Morgan fingerprint density at radius 1 is 1.06 bits per heavy atom. The molecule has 0 atom stereocenters. The van der Waals surface area contributed by atoms with Gasteiger partial charge in [0, 0.05) is 11.6 Å². The van der Waals surface area contributed by atoms with E-state index in [1.807, 2.05) is 12.1 Å². The molecule has 0 fully saturated rings. The second-order valence-electron chi connectivity index (χ2n) is 3.10. The average Bonchev–Trinajstić information content (AvgIpc) is 2.74. The lowest BCUT2D eigenvalue weighted by Gasteiger charge is -2.06. The van der Waals surface area contributed by atoms with E-state index in [2.05, 4.69) is 8.75 Å². The van der Waals surface area contributed by atoms with Crippen molar-refractivity contribution in [2.45, 2.75) is 0 Å². The fourth-order valence-corrected chi connectivity index (χ4v) is 1.84. The lowest BCUT2D eigenvalue weighted by atomic mass is 10.1. The Morgan fingerprint density at radius 2 is 1.69 bits per heavy atom. The highest BCUT2D eigenvalue weighted by Crippen LogP contribution is 2.31. The number of nitrogen functional groups attached to an aromatic ring is 1. The first kappa shape index (κ1) is 10.7. The summed E-state index contributed by atoms with van der Waals surface area (Å²) in [6, 6.07) is 5.48. The van der Waals surface area contributed by atoms with Crippen molar-refractivity contribution in [2.75, 3.05) is 20.0 Å². The summed E-state index contributed by atoms with van der Waals surface area (Å²) in [7, 11) is 3.20. The lowest BCUT2D eigenvalue weighted by molar-refractivity contribution is 0.394. The maximum absolute atomic E-state index is 5.71. The fraction of sp³-hybridized carbons (Fsp3) is 0.200. The van der Waals surface area contributed by atoms with Gasteiger partial charge in [-0.25, -0.2) is 0 Å². The first-order valence-electron chi connectivity index (χ1n) is 4.56. The average molecular weight is 237 g/mol. The van der Waals surface area contributed by atoms with Gasteiger partial charge < -0.3 is 15.2 Å². The molecule has 16 heavy (non-hydrogen) atoms. The first-order chi connectivity index (χ1) is 7.74. The van der Waals surface area contributed by atoms with Crippen molar-refractivity contribution in [1.82, 2.24) is 8.75 Å². The van der Waals surface area contributed by atoms with Crippen molar-refractivity contribution in [2.24, 2.45) is 0 Å². The Hall–Kier alpha value is -1.82. The second kappa shape index (κ2) is 4.36. The van der Waals surface area contributed by atoms with E-state index in [-0.39, 0.29) is 0 Å². The van der Waals surface area contributed by atoms with E-state index >= 15 is 0 Å². The van der Waals surface area contributed by atoms with E-state index in [0.29, 0.717) is 23.0 Å². The van der Waals surface area contributed by atoms with Crippen LogP contribution < -0.4 is 15.2 Å². The minimum absolute atomic E-state index is 0.417. The normalized spacial score (nSPS) is 10.1. The third-order valence-corrected chi connectivity index (χ3v) is 2.68. The lowest BCUT2D eigenvalue weighted by Crippen LogP contribution is -1.92. The number of hydrogen-bond acceptors (Lipinski definition) is 6. The number of nitrogens with two attached hydrogens (primary N) is 1. The number of aromatic nitrogens is 2. The Labute approximate surface area is 97.1 Å². The number of benzene rings is 1. The summed E-state index contributed by atoms with van der Waals surface area (Å²) < 4.78 is 18.4. The maximum Gasteiger partial charge on any atom is 0.165 e. The molecular formula is C10H11N3O2S. The molecule has 0 spiro atoms. The van der Waals surface area contributed by atoms with E-state index < -0.39 is 0 Å². The molecule has 2 N–H and O–H groups in total. The molecule has 0 radical (unpaired) electrons. The third-order valence-electron chi connectivity index (χ3n) is 2.14. The molecule has 0 saturated heterocycles. The largest absolute Gasteiger partial charge is 0.497 e. The summed E-state index contributed by atoms with van der Waals surface area (Å²) in [6.07, 6.45) is 0. The second-order valence-corrected chi connectivity index (χ2v) is 3.63. The predicted molar refractivity (Wildman–Crippen MR) is 62.9 cm³/mol. The van der Waals surface area contributed by atoms with E-state index in [9.17, 15) is 0 Å². The van der Waals surface area contributed by atoms with Crippen LogP contribution in [-0.2, 0) is 0 Å². The van der Waals surface area contributed by atoms with Gasteiger partial charge in [0.25, 0.3) is 0 Å². The van der Waals surface area contributed by atoms with Gasteiger partial charge in [0.15, 0.2) is 5.82 Å². The Balaban J connectivity index is 2.52. The summed E-state index contributed by atoms with van der Waals surface area (Å²) in [4.78, 5) is 0. The van der Waals surface area contributed by atoms with Crippen molar-refractivity contribution < 1.29 is 9.47 Å². The molecule has 84 valence electrons. The van der Waals surface area contributed by atoms with Gasteiger partial charge >= 0.3 is 0 Å². The van der Waals surface area contributed by atoms with Crippen LogP contribution in [0.25, 0.3) is 11.3 Å². The van der Waals surface area contributed by atoms with Gasteiger partial charge in [-0.05, 0) is 12.1 Å². The summed E-state index contributed by atoms with van der Waals surface area (Å²) in [6.45, 7) is 0. The van der Waals surface area contributed by atoms with Crippen LogP contribution in [0.15, 0.2) is 18.2 Å². The molecule has 1 aromatic heterocycles. The topological polar surface area (TPSA) is 70.3 Å². The number of methoxy groups -OCH3 is 2. The Kier molecular flexibility index (Phi) is 2.91. The van der Waals surface area contributed by atoms with E-state index in [1.165, 1.54) is 0 Å². The van der Waals surface area contributed by atoms with Crippen LogP contribution in [0.2, 0.25) is 0 Å². The molecule has 1 heterocycles. The van der Waals surface area contributed by atoms with E-state index in [1.54, 1.807) is 20.3 Å². The maximum atomic E-state index is 5.71. The Morgan fingerprint density at radius 3 is 2.12 bits per heavy atom. The van der Waals surface area contributed by atoms with Crippen molar-refractivity contribution in [3.8, 4) is 22.8 Å². The SMILES string of the molecule is COc1cc(OC)cc(-c2nsnc2N)c1. The van der Waals surface area contributed by atoms with Crippen molar-refractivity contribution in [3.63, 3.8) is 0 Å². The molecule has 2 rings (SSSR count). The molecular weight excluding hydrogens is 226 g/mol. The monoisotopic (exact) mass is 237 g/mol. The quantitative estimate of drug-likeness (QED) is 0.881. The van der Waals surface area contributed by atoms with Crippen molar-refractivity contribution in [1.29, 1.82) is 0 Å². The summed E-state index contributed by atoms with van der Waals surface area (Å²) in [5, 5.41) is 0. The molecule has 0 unspecified atom stereocenters. The molecule has 0 aliphatic carbocycles. The van der Waals surface area contributed by atoms with Crippen molar-refractivity contribution in [3.05, 3.63) is 18.2 Å². The van der Waals surface area contributed by atoms with Crippen LogP contribution >= 0.6 is 11.7 Å². The summed E-state index contributed by atoms with van der Waals surface area (Å²) >= 11 is 1.08. The van der Waals surface area contributed by atoms with E-state index in [0.717, 1.165) is 17.3 Å². The predicted octanol–water partition coefficient (Wildman–Crippen LogP) is 1.80. The Bertz CT molecular complexity index is 476. The van der Waals surface area contributed by atoms with E-state index in [4.69, 9.17) is 15.2 Å². The fourth-order valence-electron chi connectivity index (χ4n) is 1.34. The molecule has 0 amide bonds. The van der Waals surface area contributed by atoms with Crippen LogP contribution in [0.3, 0.4) is 0 Å². The highest BCUT2D eigenvalue weighted by Gasteiger charge is 2.10. The molecule has 0 aliphatic rings. The number of hydrogen-bond donors (Lipinski definition) is 1. The number of ether oxygens (including phenoxy) is 2. The highest BCUT2D eigenvalue weighted by atomic mass is 32.1. The van der Waals surface area contributed by atoms with Gasteiger partial charge in [0.1, 0.15) is 17.2 Å². The zero-order valence-corrected chi connectivity index (χ0v) is 9.75. The van der Waals surface area contributed by atoms with Crippen LogP contribution in [-0.4, -0.2) is 23.0 Å². The minimum atomic E-state index is 0.417. The molecule has 6 heteroatoms.